The number of pyridine rings is 1. The lowest BCUT2D eigenvalue weighted by molar-refractivity contribution is 0.100. The number of primary amides is 1. The third-order valence-electron chi connectivity index (χ3n) is 3.10. The molecule has 0 bridgehead atoms. The summed E-state index contributed by atoms with van der Waals surface area (Å²) in [7, 11) is 0. The molecule has 0 atom stereocenters. The van der Waals surface area contributed by atoms with Crippen molar-refractivity contribution in [2.75, 3.05) is 5.32 Å². The van der Waals surface area contributed by atoms with Crippen molar-refractivity contribution in [3.05, 3.63) is 65.4 Å². The van der Waals surface area contributed by atoms with Crippen LogP contribution in [0.25, 0.3) is 10.6 Å². The first kappa shape index (κ1) is 14.9. The van der Waals surface area contributed by atoms with Crippen molar-refractivity contribution < 1.29 is 9.59 Å². The van der Waals surface area contributed by atoms with Crippen LogP contribution in [-0.4, -0.2) is 21.8 Å². The quantitative estimate of drug-likeness (QED) is 0.770. The van der Waals surface area contributed by atoms with Gasteiger partial charge in [0.2, 0.25) is 0 Å². The van der Waals surface area contributed by atoms with Crippen LogP contribution in [0.4, 0.5) is 5.69 Å². The Morgan fingerprint density at radius 2 is 1.83 bits per heavy atom. The molecule has 0 unspecified atom stereocenters. The van der Waals surface area contributed by atoms with Gasteiger partial charge in [-0.15, -0.1) is 11.3 Å². The average molecular weight is 324 g/mol. The highest BCUT2D eigenvalue weighted by molar-refractivity contribution is 7.13. The number of carbonyl (C=O) groups excluding carboxylic acids is 2. The van der Waals surface area contributed by atoms with Gasteiger partial charge in [-0.2, -0.15) is 0 Å². The third kappa shape index (κ3) is 3.24. The second-order valence-corrected chi connectivity index (χ2v) is 5.50. The van der Waals surface area contributed by atoms with Crippen molar-refractivity contribution in [1.82, 2.24) is 9.97 Å². The molecule has 0 aliphatic heterocycles. The van der Waals surface area contributed by atoms with Crippen LogP contribution in [-0.2, 0) is 0 Å². The van der Waals surface area contributed by atoms with Crippen LogP contribution in [0.1, 0.15) is 20.8 Å². The number of amides is 2. The summed E-state index contributed by atoms with van der Waals surface area (Å²) in [5.74, 6) is -0.994. The second kappa shape index (κ2) is 6.37. The molecule has 3 rings (SSSR count). The van der Waals surface area contributed by atoms with Gasteiger partial charge in [-0.05, 0) is 24.3 Å². The molecule has 3 aromatic rings. The normalized spacial score (nSPS) is 10.3. The van der Waals surface area contributed by atoms with Crippen LogP contribution in [0.15, 0.2) is 54.2 Å². The lowest BCUT2D eigenvalue weighted by Gasteiger charge is -2.07. The Morgan fingerprint density at radius 3 is 2.57 bits per heavy atom. The zero-order valence-electron chi connectivity index (χ0n) is 11.9. The number of aromatic nitrogens is 2. The fourth-order valence-corrected chi connectivity index (χ4v) is 2.80. The summed E-state index contributed by atoms with van der Waals surface area (Å²) < 4.78 is 0. The van der Waals surface area contributed by atoms with Gasteiger partial charge in [0.25, 0.3) is 11.8 Å². The van der Waals surface area contributed by atoms with Crippen molar-refractivity contribution in [3.8, 4) is 10.6 Å². The van der Waals surface area contributed by atoms with Gasteiger partial charge in [0.1, 0.15) is 10.7 Å². The molecule has 7 heteroatoms. The van der Waals surface area contributed by atoms with E-state index in [1.165, 1.54) is 11.3 Å². The number of thiazole rings is 1. The number of anilines is 1. The Balaban J connectivity index is 1.83. The smallest absolute Gasteiger partial charge is 0.275 e. The highest BCUT2D eigenvalue weighted by atomic mass is 32.1. The highest BCUT2D eigenvalue weighted by Crippen LogP contribution is 2.23. The molecule has 6 nitrogen and oxygen atoms in total. The number of nitrogens with one attached hydrogen (secondary N) is 1. The fourth-order valence-electron chi connectivity index (χ4n) is 2.00. The summed E-state index contributed by atoms with van der Waals surface area (Å²) in [4.78, 5) is 31.9. The molecule has 0 aliphatic rings. The molecule has 3 N–H and O–H groups in total. The van der Waals surface area contributed by atoms with Crippen LogP contribution >= 0.6 is 11.3 Å². The molecule has 2 aromatic heterocycles. The molecule has 0 spiro atoms. The van der Waals surface area contributed by atoms with Crippen LogP contribution in [0, 0.1) is 0 Å². The molecular weight excluding hydrogens is 312 g/mol. The van der Waals surface area contributed by atoms with Crippen LogP contribution in [0.3, 0.4) is 0 Å². The van der Waals surface area contributed by atoms with Crippen LogP contribution in [0.2, 0.25) is 0 Å². The number of nitrogens with two attached hydrogens (primary N) is 1. The van der Waals surface area contributed by atoms with Gasteiger partial charge >= 0.3 is 0 Å². The number of carbonyl (C=O) groups is 2. The first-order valence-electron chi connectivity index (χ1n) is 6.71. The van der Waals surface area contributed by atoms with Crippen molar-refractivity contribution in [2.45, 2.75) is 0 Å². The zero-order chi connectivity index (χ0) is 16.2. The predicted octanol–water partition coefficient (Wildman–Crippen LogP) is 2.56. The van der Waals surface area contributed by atoms with Gasteiger partial charge in [0, 0.05) is 23.3 Å². The number of para-hydroxylation sites is 1. The zero-order valence-corrected chi connectivity index (χ0v) is 12.7. The van der Waals surface area contributed by atoms with Crippen molar-refractivity contribution in [3.63, 3.8) is 0 Å². The lowest BCUT2D eigenvalue weighted by Crippen LogP contribution is -2.18. The standard InChI is InChI=1S/C16H12N4O2S/c17-14(21)11-3-1-2-4-12(11)19-15(22)13-9-23-16(20-13)10-5-7-18-8-6-10/h1-9H,(H2,17,21)(H,19,22). The van der Waals surface area contributed by atoms with Gasteiger partial charge in [-0.1, -0.05) is 12.1 Å². The van der Waals surface area contributed by atoms with E-state index >= 15 is 0 Å². The molecule has 1 aromatic carbocycles. The van der Waals surface area contributed by atoms with E-state index in [4.69, 9.17) is 5.73 Å². The molecule has 0 saturated heterocycles. The minimum atomic E-state index is -0.600. The molecule has 114 valence electrons. The Kier molecular flexibility index (Phi) is 4.11. The van der Waals surface area contributed by atoms with Gasteiger partial charge in [-0.3, -0.25) is 14.6 Å². The molecule has 23 heavy (non-hydrogen) atoms. The predicted molar refractivity (Wildman–Crippen MR) is 88.3 cm³/mol. The van der Waals surface area contributed by atoms with E-state index < -0.39 is 11.8 Å². The van der Waals surface area contributed by atoms with Gasteiger partial charge in [0.15, 0.2) is 0 Å². The molecule has 0 radical (unpaired) electrons. The van der Waals surface area contributed by atoms with Gasteiger partial charge in [0.05, 0.1) is 11.3 Å². The summed E-state index contributed by atoms with van der Waals surface area (Å²) >= 11 is 1.36. The molecule has 0 aliphatic carbocycles. The van der Waals surface area contributed by atoms with E-state index in [0.29, 0.717) is 5.69 Å². The molecule has 0 saturated carbocycles. The maximum Gasteiger partial charge on any atom is 0.275 e. The first-order chi connectivity index (χ1) is 11.1. The van der Waals surface area contributed by atoms with Crippen molar-refractivity contribution >= 4 is 28.8 Å². The summed E-state index contributed by atoms with van der Waals surface area (Å²) in [6.45, 7) is 0. The van der Waals surface area contributed by atoms with Crippen molar-refractivity contribution in [1.29, 1.82) is 0 Å². The molecule has 2 amide bonds. The Labute approximate surface area is 136 Å². The van der Waals surface area contributed by atoms with E-state index in [9.17, 15) is 9.59 Å². The number of benzene rings is 1. The van der Waals surface area contributed by atoms with E-state index in [2.05, 4.69) is 15.3 Å². The number of hydrogen-bond donors (Lipinski definition) is 2. The fraction of sp³-hybridized carbons (Fsp3) is 0. The summed E-state index contributed by atoms with van der Waals surface area (Å²) in [6.07, 6.45) is 3.33. The van der Waals surface area contributed by atoms with Gasteiger partial charge < -0.3 is 11.1 Å². The second-order valence-electron chi connectivity index (χ2n) is 4.64. The Bertz CT molecular complexity index is 861. The summed E-state index contributed by atoms with van der Waals surface area (Å²) in [5, 5.41) is 5.05. The number of nitrogens with zero attached hydrogens (tertiary/aromatic N) is 2. The monoisotopic (exact) mass is 324 g/mol. The molecular formula is C16H12N4O2S. The Hall–Kier alpha value is -3.06. The topological polar surface area (TPSA) is 98.0 Å². The minimum absolute atomic E-state index is 0.255. The van der Waals surface area contributed by atoms with E-state index in [-0.39, 0.29) is 11.3 Å². The van der Waals surface area contributed by atoms with Crippen molar-refractivity contribution in [2.24, 2.45) is 5.73 Å². The maximum atomic E-state index is 12.3. The molecule has 0 fully saturated rings. The minimum Gasteiger partial charge on any atom is -0.366 e. The van der Waals surface area contributed by atoms with E-state index in [1.807, 2.05) is 12.1 Å². The van der Waals surface area contributed by atoms with E-state index in [1.54, 1.807) is 42.0 Å². The van der Waals surface area contributed by atoms with Gasteiger partial charge in [-0.25, -0.2) is 4.98 Å². The highest BCUT2D eigenvalue weighted by Gasteiger charge is 2.15. The largest absolute Gasteiger partial charge is 0.366 e. The SMILES string of the molecule is NC(=O)c1ccccc1NC(=O)c1csc(-c2ccncc2)n1. The maximum absolute atomic E-state index is 12.3. The first-order valence-corrected chi connectivity index (χ1v) is 7.59. The van der Waals surface area contributed by atoms with E-state index in [0.717, 1.165) is 10.6 Å². The molecule has 2 heterocycles. The Morgan fingerprint density at radius 1 is 1.09 bits per heavy atom. The summed E-state index contributed by atoms with van der Waals surface area (Å²) in [6, 6.07) is 10.2. The number of rotatable bonds is 4. The number of hydrogen-bond acceptors (Lipinski definition) is 5. The van der Waals surface area contributed by atoms with Crippen LogP contribution < -0.4 is 11.1 Å². The summed E-state index contributed by atoms with van der Waals surface area (Å²) in [5.41, 5.74) is 7.09. The lowest BCUT2D eigenvalue weighted by atomic mass is 10.1. The third-order valence-corrected chi connectivity index (χ3v) is 4.00. The van der Waals surface area contributed by atoms with Crippen LogP contribution in [0.5, 0.6) is 0 Å². The average Bonchev–Trinajstić information content (AvgIpc) is 3.06.